The number of aryl methyl sites for hydroxylation is 2. The molecule has 27 heavy (non-hydrogen) atoms. The van der Waals surface area contributed by atoms with Gasteiger partial charge in [-0.05, 0) is 67.1 Å². The fourth-order valence-corrected chi connectivity index (χ4v) is 2.91. The minimum Gasteiger partial charge on any atom is -0.332 e. The van der Waals surface area contributed by atoms with Crippen molar-refractivity contribution in [2.75, 3.05) is 18.9 Å². The third-order valence-electron chi connectivity index (χ3n) is 3.73. The Morgan fingerprint density at radius 2 is 1.70 bits per heavy atom. The second-order valence-electron chi connectivity index (χ2n) is 6.10. The van der Waals surface area contributed by atoms with Crippen molar-refractivity contribution in [3.05, 3.63) is 59.2 Å². The molecule has 8 heteroatoms. The third kappa shape index (κ3) is 6.32. The predicted octanol–water partition coefficient (Wildman–Crippen LogP) is 4.63. The fraction of sp³-hybridized carbons (Fsp3) is 0.263. The number of carbonyl (C=O) groups is 2. The predicted molar refractivity (Wildman–Crippen MR) is 99.9 cm³/mol. The zero-order valence-electron chi connectivity index (χ0n) is 15.1. The maximum absolute atomic E-state index is 12.4. The van der Waals surface area contributed by atoms with Crippen molar-refractivity contribution >= 4 is 29.3 Å². The number of benzene rings is 2. The first-order chi connectivity index (χ1) is 12.5. The molecule has 4 nitrogen and oxygen atoms in total. The number of rotatable bonds is 5. The molecule has 0 saturated heterocycles. The van der Waals surface area contributed by atoms with Crippen LogP contribution in [0.15, 0.2) is 47.4 Å². The molecular weight excluding hydrogens is 377 g/mol. The average molecular weight is 396 g/mol. The van der Waals surface area contributed by atoms with E-state index in [2.05, 4.69) is 5.32 Å². The summed E-state index contributed by atoms with van der Waals surface area (Å²) in [7, 11) is 1.46. The lowest BCUT2D eigenvalue weighted by Crippen LogP contribution is -2.35. The lowest BCUT2D eigenvalue weighted by molar-refractivity contribution is -0.116. The van der Waals surface area contributed by atoms with E-state index in [1.807, 2.05) is 32.0 Å². The SMILES string of the molecule is Cc1ccc(C)c(NC(=O)CN(C)C(=O)c2ccc(SC(F)(F)F)cc2)c1. The minimum absolute atomic E-state index is 0.00521. The van der Waals surface area contributed by atoms with Gasteiger partial charge in [0.2, 0.25) is 5.91 Å². The summed E-state index contributed by atoms with van der Waals surface area (Å²) in [5.74, 6) is -0.807. The summed E-state index contributed by atoms with van der Waals surface area (Å²) < 4.78 is 37.0. The highest BCUT2D eigenvalue weighted by Crippen LogP contribution is 2.36. The Morgan fingerprint density at radius 1 is 1.07 bits per heavy atom. The van der Waals surface area contributed by atoms with Gasteiger partial charge in [0, 0.05) is 23.2 Å². The molecule has 0 aromatic heterocycles. The maximum Gasteiger partial charge on any atom is 0.446 e. The third-order valence-corrected chi connectivity index (χ3v) is 4.47. The number of hydrogen-bond acceptors (Lipinski definition) is 3. The molecule has 0 saturated carbocycles. The van der Waals surface area contributed by atoms with Gasteiger partial charge in [-0.25, -0.2) is 0 Å². The molecule has 0 aliphatic carbocycles. The topological polar surface area (TPSA) is 49.4 Å². The minimum atomic E-state index is -4.38. The number of halogens is 3. The van der Waals surface area contributed by atoms with Crippen molar-refractivity contribution in [3.63, 3.8) is 0 Å². The van der Waals surface area contributed by atoms with Crippen molar-refractivity contribution in [3.8, 4) is 0 Å². The van der Waals surface area contributed by atoms with Crippen LogP contribution in [0.4, 0.5) is 18.9 Å². The lowest BCUT2D eigenvalue weighted by Gasteiger charge is -2.18. The second-order valence-corrected chi connectivity index (χ2v) is 7.24. The average Bonchev–Trinajstić information content (AvgIpc) is 2.56. The number of alkyl halides is 3. The molecule has 0 aliphatic heterocycles. The molecule has 0 aliphatic rings. The number of hydrogen-bond donors (Lipinski definition) is 1. The van der Waals surface area contributed by atoms with Crippen LogP contribution < -0.4 is 5.32 Å². The van der Waals surface area contributed by atoms with Gasteiger partial charge in [-0.2, -0.15) is 13.2 Å². The summed E-state index contributed by atoms with van der Waals surface area (Å²) in [5, 5.41) is 2.76. The highest BCUT2D eigenvalue weighted by molar-refractivity contribution is 8.00. The van der Waals surface area contributed by atoms with Crippen molar-refractivity contribution in [1.82, 2.24) is 4.90 Å². The summed E-state index contributed by atoms with van der Waals surface area (Å²) >= 11 is -0.245. The second kappa shape index (κ2) is 8.47. The van der Waals surface area contributed by atoms with Crippen LogP contribution >= 0.6 is 11.8 Å². The van der Waals surface area contributed by atoms with Crippen LogP contribution in [0.1, 0.15) is 21.5 Å². The van der Waals surface area contributed by atoms with E-state index in [1.54, 1.807) is 0 Å². The smallest absolute Gasteiger partial charge is 0.332 e. The number of nitrogens with one attached hydrogen (secondary N) is 1. The molecule has 0 radical (unpaired) electrons. The summed E-state index contributed by atoms with van der Waals surface area (Å²) in [6.07, 6.45) is 0. The maximum atomic E-state index is 12.4. The van der Waals surface area contributed by atoms with Crippen LogP contribution in [0.5, 0.6) is 0 Å². The Hall–Kier alpha value is -2.48. The highest BCUT2D eigenvalue weighted by Gasteiger charge is 2.29. The Morgan fingerprint density at radius 3 is 2.30 bits per heavy atom. The molecule has 2 amide bonds. The molecule has 0 unspecified atom stereocenters. The van der Waals surface area contributed by atoms with Gasteiger partial charge in [0.15, 0.2) is 0 Å². The number of amides is 2. The first kappa shape index (κ1) is 20.8. The van der Waals surface area contributed by atoms with Crippen LogP contribution in [0.2, 0.25) is 0 Å². The Labute approximate surface area is 159 Å². The van der Waals surface area contributed by atoms with Crippen LogP contribution in [0.25, 0.3) is 0 Å². The molecule has 0 atom stereocenters. The molecule has 0 heterocycles. The lowest BCUT2D eigenvalue weighted by atomic mass is 10.1. The number of anilines is 1. The van der Waals surface area contributed by atoms with E-state index in [0.29, 0.717) is 5.69 Å². The van der Waals surface area contributed by atoms with E-state index >= 15 is 0 Å². The number of thioether (sulfide) groups is 1. The number of carbonyl (C=O) groups excluding carboxylic acids is 2. The van der Waals surface area contributed by atoms with Crippen LogP contribution in [0, 0.1) is 13.8 Å². The number of nitrogens with zero attached hydrogens (tertiary/aromatic N) is 1. The first-order valence-electron chi connectivity index (χ1n) is 8.03. The van der Waals surface area contributed by atoms with Gasteiger partial charge in [-0.15, -0.1) is 0 Å². The van der Waals surface area contributed by atoms with Crippen molar-refractivity contribution in [2.24, 2.45) is 0 Å². The van der Waals surface area contributed by atoms with E-state index in [9.17, 15) is 22.8 Å². The van der Waals surface area contributed by atoms with E-state index < -0.39 is 11.4 Å². The quantitative estimate of drug-likeness (QED) is 0.750. The van der Waals surface area contributed by atoms with E-state index in [4.69, 9.17) is 0 Å². The fourth-order valence-electron chi connectivity index (χ4n) is 2.37. The Kier molecular flexibility index (Phi) is 6.54. The Balaban J connectivity index is 1.98. The zero-order chi connectivity index (χ0) is 20.2. The van der Waals surface area contributed by atoms with E-state index in [-0.39, 0.29) is 34.7 Å². The van der Waals surface area contributed by atoms with E-state index in [0.717, 1.165) is 11.1 Å². The van der Waals surface area contributed by atoms with E-state index in [1.165, 1.54) is 36.2 Å². The van der Waals surface area contributed by atoms with Crippen LogP contribution in [-0.2, 0) is 4.79 Å². The normalized spacial score (nSPS) is 11.2. The van der Waals surface area contributed by atoms with Crippen LogP contribution in [-0.4, -0.2) is 35.8 Å². The van der Waals surface area contributed by atoms with Gasteiger partial charge < -0.3 is 10.2 Å². The van der Waals surface area contributed by atoms with Gasteiger partial charge in [0.1, 0.15) is 0 Å². The molecule has 1 N–H and O–H groups in total. The van der Waals surface area contributed by atoms with Crippen molar-refractivity contribution < 1.29 is 22.8 Å². The van der Waals surface area contributed by atoms with Gasteiger partial charge in [0.25, 0.3) is 5.91 Å². The zero-order valence-corrected chi connectivity index (χ0v) is 15.9. The van der Waals surface area contributed by atoms with Gasteiger partial charge in [-0.1, -0.05) is 12.1 Å². The molecule has 2 rings (SSSR count). The summed E-state index contributed by atoms with van der Waals surface area (Å²) in [6.45, 7) is 3.60. The molecule has 0 bridgehead atoms. The monoisotopic (exact) mass is 396 g/mol. The molecule has 0 spiro atoms. The Bertz CT molecular complexity index is 836. The summed E-state index contributed by atoms with van der Waals surface area (Å²) in [4.78, 5) is 25.8. The standard InChI is InChI=1S/C19H19F3N2O2S/c1-12-4-5-13(2)16(10-12)23-17(25)11-24(3)18(26)14-6-8-15(9-7-14)27-19(20,21)22/h4-10H,11H2,1-3H3,(H,23,25). The van der Waals surface area contributed by atoms with Gasteiger partial charge in [0.05, 0.1) is 6.54 Å². The van der Waals surface area contributed by atoms with Crippen molar-refractivity contribution in [1.29, 1.82) is 0 Å². The summed E-state index contributed by atoms with van der Waals surface area (Å²) in [6, 6.07) is 10.8. The number of likely N-dealkylation sites (N-methyl/N-ethyl adjacent to an activating group) is 1. The highest BCUT2D eigenvalue weighted by atomic mass is 32.2. The molecule has 144 valence electrons. The molecular formula is C19H19F3N2O2S. The van der Waals surface area contributed by atoms with Crippen LogP contribution in [0.3, 0.4) is 0 Å². The first-order valence-corrected chi connectivity index (χ1v) is 8.85. The van der Waals surface area contributed by atoms with Crippen molar-refractivity contribution in [2.45, 2.75) is 24.3 Å². The van der Waals surface area contributed by atoms with Gasteiger partial charge >= 0.3 is 5.51 Å². The largest absolute Gasteiger partial charge is 0.446 e. The molecule has 2 aromatic rings. The van der Waals surface area contributed by atoms with Gasteiger partial charge in [-0.3, -0.25) is 9.59 Å². The molecule has 0 fully saturated rings. The molecule has 2 aromatic carbocycles. The summed E-state index contributed by atoms with van der Waals surface area (Å²) in [5.41, 5.74) is -1.59.